The van der Waals surface area contributed by atoms with Crippen molar-refractivity contribution in [2.75, 3.05) is 7.05 Å². The number of carbonyl (C=O) groups is 1. The SMILES string of the molecule is Cc1cccc(-n2nnc(C(=O)N(C)Cc3ccc(F)cc3F)c2C)c1. The van der Waals surface area contributed by atoms with Crippen LogP contribution in [0, 0.1) is 25.5 Å². The molecule has 3 aromatic rings. The number of rotatable bonds is 4. The first-order valence-electron chi connectivity index (χ1n) is 8.05. The molecule has 134 valence electrons. The molecule has 0 aliphatic heterocycles. The Hall–Kier alpha value is -3.09. The van der Waals surface area contributed by atoms with Crippen LogP contribution in [0.15, 0.2) is 42.5 Å². The molecule has 0 aliphatic carbocycles. The first kappa shape index (κ1) is 17.7. The third kappa shape index (κ3) is 3.46. The topological polar surface area (TPSA) is 51.0 Å². The van der Waals surface area contributed by atoms with Gasteiger partial charge in [0.15, 0.2) is 5.69 Å². The molecular formula is C19H18F2N4O. The third-order valence-electron chi connectivity index (χ3n) is 4.11. The summed E-state index contributed by atoms with van der Waals surface area (Å²) in [5, 5.41) is 8.05. The van der Waals surface area contributed by atoms with E-state index in [0.29, 0.717) is 5.69 Å². The molecule has 0 N–H and O–H groups in total. The van der Waals surface area contributed by atoms with Gasteiger partial charge in [-0.25, -0.2) is 13.5 Å². The molecule has 0 radical (unpaired) electrons. The van der Waals surface area contributed by atoms with Crippen molar-refractivity contribution in [2.45, 2.75) is 20.4 Å². The summed E-state index contributed by atoms with van der Waals surface area (Å²) in [5.74, 6) is -1.73. The number of amides is 1. The lowest BCUT2D eigenvalue weighted by molar-refractivity contribution is 0.0777. The van der Waals surface area contributed by atoms with E-state index in [1.54, 1.807) is 11.6 Å². The maximum Gasteiger partial charge on any atom is 0.276 e. The van der Waals surface area contributed by atoms with Crippen LogP contribution in [-0.4, -0.2) is 32.8 Å². The van der Waals surface area contributed by atoms with Crippen LogP contribution in [0.3, 0.4) is 0 Å². The summed E-state index contributed by atoms with van der Waals surface area (Å²) >= 11 is 0. The van der Waals surface area contributed by atoms with E-state index in [0.717, 1.165) is 23.4 Å². The Labute approximate surface area is 149 Å². The summed E-state index contributed by atoms with van der Waals surface area (Å²) in [5.41, 5.74) is 2.88. The van der Waals surface area contributed by atoms with E-state index in [-0.39, 0.29) is 23.7 Å². The lowest BCUT2D eigenvalue weighted by Crippen LogP contribution is -2.27. The van der Waals surface area contributed by atoms with E-state index in [1.807, 2.05) is 31.2 Å². The summed E-state index contributed by atoms with van der Waals surface area (Å²) in [6, 6.07) is 11.0. The first-order chi connectivity index (χ1) is 12.4. The molecule has 0 bridgehead atoms. The highest BCUT2D eigenvalue weighted by molar-refractivity contribution is 5.93. The standard InChI is InChI=1S/C19H18F2N4O/c1-12-5-4-6-16(9-12)25-13(2)18(22-23-25)19(26)24(3)11-14-7-8-15(20)10-17(14)21/h4-10H,11H2,1-3H3. The first-order valence-corrected chi connectivity index (χ1v) is 8.05. The largest absolute Gasteiger partial charge is 0.336 e. The average Bonchev–Trinajstić information content (AvgIpc) is 2.98. The van der Waals surface area contributed by atoms with Crippen molar-refractivity contribution in [3.05, 3.63) is 76.6 Å². The highest BCUT2D eigenvalue weighted by atomic mass is 19.1. The number of halogens is 2. The van der Waals surface area contributed by atoms with Crippen LogP contribution < -0.4 is 0 Å². The second-order valence-corrected chi connectivity index (χ2v) is 6.17. The summed E-state index contributed by atoms with van der Waals surface area (Å²) < 4.78 is 28.4. The van der Waals surface area contributed by atoms with Gasteiger partial charge in [0, 0.05) is 25.2 Å². The van der Waals surface area contributed by atoms with E-state index in [2.05, 4.69) is 10.3 Å². The molecule has 0 atom stereocenters. The van der Waals surface area contributed by atoms with Crippen molar-refractivity contribution < 1.29 is 13.6 Å². The molecule has 7 heteroatoms. The van der Waals surface area contributed by atoms with Crippen molar-refractivity contribution in [3.8, 4) is 5.69 Å². The van der Waals surface area contributed by atoms with Gasteiger partial charge >= 0.3 is 0 Å². The fraction of sp³-hybridized carbons (Fsp3) is 0.211. The van der Waals surface area contributed by atoms with Gasteiger partial charge in [-0.3, -0.25) is 4.79 Å². The van der Waals surface area contributed by atoms with Gasteiger partial charge in [-0.2, -0.15) is 0 Å². The lowest BCUT2D eigenvalue weighted by Gasteiger charge is -2.16. The molecule has 5 nitrogen and oxygen atoms in total. The van der Waals surface area contributed by atoms with Crippen molar-refractivity contribution in [1.29, 1.82) is 0 Å². The van der Waals surface area contributed by atoms with Gasteiger partial charge in [-0.05, 0) is 37.6 Å². The number of aryl methyl sites for hydroxylation is 1. The average molecular weight is 356 g/mol. The van der Waals surface area contributed by atoms with E-state index >= 15 is 0 Å². The second kappa shape index (κ2) is 7.03. The lowest BCUT2D eigenvalue weighted by atomic mass is 10.2. The van der Waals surface area contributed by atoms with Crippen molar-refractivity contribution in [2.24, 2.45) is 0 Å². The Morgan fingerprint density at radius 3 is 2.62 bits per heavy atom. The maximum atomic E-state index is 13.8. The minimum atomic E-state index is -0.690. The predicted molar refractivity (Wildman–Crippen MR) is 93.0 cm³/mol. The molecule has 0 fully saturated rings. The maximum absolute atomic E-state index is 13.8. The van der Waals surface area contributed by atoms with Gasteiger partial charge in [-0.15, -0.1) is 5.10 Å². The Morgan fingerprint density at radius 1 is 1.15 bits per heavy atom. The van der Waals surface area contributed by atoms with Crippen LogP contribution in [0.1, 0.15) is 27.3 Å². The number of aromatic nitrogens is 3. The van der Waals surface area contributed by atoms with Gasteiger partial charge in [0.25, 0.3) is 5.91 Å². The monoisotopic (exact) mass is 356 g/mol. The molecule has 0 spiro atoms. The summed E-state index contributed by atoms with van der Waals surface area (Å²) in [7, 11) is 1.54. The van der Waals surface area contributed by atoms with E-state index in [4.69, 9.17) is 0 Å². The zero-order valence-corrected chi connectivity index (χ0v) is 14.7. The van der Waals surface area contributed by atoms with Crippen molar-refractivity contribution >= 4 is 5.91 Å². The molecule has 0 unspecified atom stereocenters. The molecule has 0 saturated carbocycles. The van der Waals surface area contributed by atoms with E-state index < -0.39 is 11.6 Å². The van der Waals surface area contributed by atoms with Gasteiger partial charge in [0.2, 0.25) is 0 Å². The van der Waals surface area contributed by atoms with Crippen LogP contribution in [0.2, 0.25) is 0 Å². The van der Waals surface area contributed by atoms with Gasteiger partial charge in [0.1, 0.15) is 11.6 Å². The van der Waals surface area contributed by atoms with E-state index in [1.165, 1.54) is 18.0 Å². The van der Waals surface area contributed by atoms with Crippen molar-refractivity contribution in [1.82, 2.24) is 19.9 Å². The van der Waals surface area contributed by atoms with Crippen molar-refractivity contribution in [3.63, 3.8) is 0 Å². The van der Waals surface area contributed by atoms with Gasteiger partial charge in [-0.1, -0.05) is 23.4 Å². The fourth-order valence-corrected chi connectivity index (χ4v) is 2.69. The van der Waals surface area contributed by atoms with Crippen LogP contribution >= 0.6 is 0 Å². The molecular weight excluding hydrogens is 338 g/mol. The summed E-state index contributed by atoms with van der Waals surface area (Å²) in [6.07, 6.45) is 0. The number of nitrogens with zero attached hydrogens (tertiary/aromatic N) is 4. The molecule has 2 aromatic carbocycles. The summed E-state index contributed by atoms with van der Waals surface area (Å²) in [4.78, 5) is 14.0. The quantitative estimate of drug-likeness (QED) is 0.720. The number of hydrogen-bond acceptors (Lipinski definition) is 3. The molecule has 1 amide bonds. The molecule has 0 aliphatic rings. The minimum Gasteiger partial charge on any atom is -0.336 e. The minimum absolute atomic E-state index is 0.00168. The van der Waals surface area contributed by atoms with E-state index in [9.17, 15) is 13.6 Å². The van der Waals surface area contributed by atoms with Gasteiger partial charge < -0.3 is 4.90 Å². The Morgan fingerprint density at radius 2 is 1.92 bits per heavy atom. The third-order valence-corrected chi connectivity index (χ3v) is 4.11. The number of benzene rings is 2. The fourth-order valence-electron chi connectivity index (χ4n) is 2.69. The Kier molecular flexibility index (Phi) is 4.79. The highest BCUT2D eigenvalue weighted by Crippen LogP contribution is 2.17. The van der Waals surface area contributed by atoms with Crippen LogP contribution in [-0.2, 0) is 6.54 Å². The Bertz CT molecular complexity index is 968. The number of carbonyl (C=O) groups excluding carboxylic acids is 1. The predicted octanol–water partition coefficient (Wildman–Crippen LogP) is 3.43. The zero-order chi connectivity index (χ0) is 18.8. The van der Waals surface area contributed by atoms with Crippen LogP contribution in [0.25, 0.3) is 5.69 Å². The van der Waals surface area contributed by atoms with Crippen LogP contribution in [0.4, 0.5) is 8.78 Å². The van der Waals surface area contributed by atoms with Gasteiger partial charge in [0.05, 0.1) is 11.4 Å². The molecule has 26 heavy (non-hydrogen) atoms. The normalized spacial score (nSPS) is 10.8. The number of hydrogen-bond donors (Lipinski definition) is 0. The molecule has 3 rings (SSSR count). The Balaban J connectivity index is 1.84. The highest BCUT2D eigenvalue weighted by Gasteiger charge is 2.21. The second-order valence-electron chi connectivity index (χ2n) is 6.17. The zero-order valence-electron chi connectivity index (χ0n) is 14.7. The molecule has 0 saturated heterocycles. The summed E-state index contributed by atoms with van der Waals surface area (Å²) in [6.45, 7) is 3.72. The molecule has 1 heterocycles. The van der Waals surface area contributed by atoms with Crippen LogP contribution in [0.5, 0.6) is 0 Å². The smallest absolute Gasteiger partial charge is 0.276 e. The molecule has 1 aromatic heterocycles.